The lowest BCUT2D eigenvalue weighted by atomic mass is 10.2. The molecule has 1 amide bonds. The largest absolute Gasteiger partial charge is 0.469 e. The number of hydrogen-bond acceptors (Lipinski definition) is 7. The number of amides is 1. The Labute approximate surface area is 178 Å². The molecule has 2 aliphatic rings. The maximum absolute atomic E-state index is 14.2. The van der Waals surface area contributed by atoms with Crippen molar-refractivity contribution < 1.29 is 18.7 Å². The molecule has 1 saturated heterocycles. The van der Waals surface area contributed by atoms with Crippen molar-refractivity contribution in [3.63, 3.8) is 0 Å². The van der Waals surface area contributed by atoms with Gasteiger partial charge >= 0.3 is 5.97 Å². The van der Waals surface area contributed by atoms with Gasteiger partial charge in [0.1, 0.15) is 0 Å². The van der Waals surface area contributed by atoms with E-state index in [-0.39, 0.29) is 53.4 Å². The second kappa shape index (κ2) is 8.09. The highest BCUT2D eigenvalue weighted by atomic mass is 19.1. The molecule has 0 N–H and O–H groups in total. The number of halogens is 1. The summed E-state index contributed by atoms with van der Waals surface area (Å²) in [5.41, 5.74) is 0.199. The quantitative estimate of drug-likeness (QED) is 0.628. The Balaban J connectivity index is 1.47. The standard InChI is InChI=1S/C21H24FN5O4/c1-25-18(29)8-16(12-6-7-23-9-15(12)22)24-21(25)26(2)20-13-10-27(11-14(13)20)17(28)4-5-19(30)31-3/h6-9,13-14,20H,4-5,10-11H2,1-3H3. The summed E-state index contributed by atoms with van der Waals surface area (Å²) < 4.78 is 20.2. The van der Waals surface area contributed by atoms with E-state index >= 15 is 0 Å². The molecule has 2 unspecified atom stereocenters. The highest BCUT2D eigenvalue weighted by molar-refractivity contribution is 5.81. The van der Waals surface area contributed by atoms with Gasteiger partial charge in [0, 0.05) is 69.3 Å². The number of esters is 1. The van der Waals surface area contributed by atoms with Crippen LogP contribution in [0.3, 0.4) is 0 Å². The summed E-state index contributed by atoms with van der Waals surface area (Å²) >= 11 is 0. The predicted molar refractivity (Wildman–Crippen MR) is 110 cm³/mol. The molecule has 2 aromatic heterocycles. The fourth-order valence-corrected chi connectivity index (χ4v) is 4.44. The molecule has 1 aliphatic heterocycles. The van der Waals surface area contributed by atoms with Gasteiger partial charge in [-0.1, -0.05) is 0 Å². The van der Waals surface area contributed by atoms with Gasteiger partial charge in [-0.05, 0) is 6.07 Å². The lowest BCUT2D eigenvalue weighted by Crippen LogP contribution is -2.38. The Morgan fingerprint density at radius 3 is 2.65 bits per heavy atom. The number of fused-ring (bicyclic) bond motifs is 1. The number of pyridine rings is 1. The maximum atomic E-state index is 14.2. The van der Waals surface area contributed by atoms with Gasteiger partial charge in [-0.3, -0.25) is 23.9 Å². The van der Waals surface area contributed by atoms with Gasteiger partial charge in [-0.2, -0.15) is 0 Å². The van der Waals surface area contributed by atoms with Crippen LogP contribution in [-0.2, 0) is 21.4 Å². The van der Waals surface area contributed by atoms with Crippen LogP contribution in [0.4, 0.5) is 10.3 Å². The molecule has 1 saturated carbocycles. The Morgan fingerprint density at radius 2 is 2.00 bits per heavy atom. The van der Waals surface area contributed by atoms with E-state index in [1.54, 1.807) is 11.9 Å². The third-order valence-corrected chi connectivity index (χ3v) is 6.19. The molecule has 31 heavy (non-hydrogen) atoms. The van der Waals surface area contributed by atoms with Crippen LogP contribution < -0.4 is 10.5 Å². The molecule has 2 fully saturated rings. The SMILES string of the molecule is COC(=O)CCC(=O)N1CC2C(C1)C2N(C)c1nc(-c2ccncc2F)cc(=O)n1C. The van der Waals surface area contributed by atoms with E-state index in [9.17, 15) is 18.8 Å². The summed E-state index contributed by atoms with van der Waals surface area (Å²) in [4.78, 5) is 48.1. The highest BCUT2D eigenvalue weighted by Crippen LogP contribution is 2.49. The van der Waals surface area contributed by atoms with Crippen LogP contribution in [0, 0.1) is 17.7 Å². The van der Waals surface area contributed by atoms with Gasteiger partial charge in [0.05, 0.1) is 25.4 Å². The monoisotopic (exact) mass is 429 g/mol. The molecule has 2 aromatic rings. The van der Waals surface area contributed by atoms with Crippen molar-refractivity contribution in [3.8, 4) is 11.3 Å². The first kappa shape index (κ1) is 21.0. The Kier molecular flexibility index (Phi) is 5.47. The maximum Gasteiger partial charge on any atom is 0.306 e. The van der Waals surface area contributed by atoms with Crippen molar-refractivity contribution in [1.29, 1.82) is 0 Å². The molecule has 164 valence electrons. The predicted octanol–water partition coefficient (Wildman–Crippen LogP) is 0.828. The highest BCUT2D eigenvalue weighted by Gasteiger charge is 2.59. The normalized spacial score (nSPS) is 21.5. The smallest absolute Gasteiger partial charge is 0.306 e. The molecular weight excluding hydrogens is 405 g/mol. The van der Waals surface area contributed by atoms with Crippen molar-refractivity contribution in [2.75, 3.05) is 32.1 Å². The lowest BCUT2D eigenvalue weighted by molar-refractivity contribution is -0.143. The second-order valence-electron chi connectivity index (χ2n) is 8.00. The fourth-order valence-electron chi connectivity index (χ4n) is 4.44. The number of hydrogen-bond donors (Lipinski definition) is 0. The minimum Gasteiger partial charge on any atom is -0.469 e. The number of anilines is 1. The molecule has 0 spiro atoms. The zero-order valence-electron chi connectivity index (χ0n) is 17.6. The zero-order valence-corrected chi connectivity index (χ0v) is 17.6. The van der Waals surface area contributed by atoms with Crippen molar-refractivity contribution in [3.05, 3.63) is 40.7 Å². The molecule has 9 nitrogen and oxygen atoms in total. The van der Waals surface area contributed by atoms with Crippen LogP contribution in [0.25, 0.3) is 11.3 Å². The number of aromatic nitrogens is 3. The number of piperidine rings is 1. The molecule has 4 rings (SSSR count). The number of nitrogens with zero attached hydrogens (tertiary/aromatic N) is 5. The Hall–Kier alpha value is -3.30. The molecule has 3 heterocycles. The van der Waals surface area contributed by atoms with E-state index in [0.29, 0.717) is 19.0 Å². The molecular formula is C21H24FN5O4. The molecule has 0 bridgehead atoms. The van der Waals surface area contributed by atoms with Crippen molar-refractivity contribution in [2.45, 2.75) is 18.9 Å². The number of carbonyl (C=O) groups excluding carboxylic acids is 2. The number of methoxy groups -OCH3 is 1. The zero-order chi connectivity index (χ0) is 22.3. The molecule has 1 aliphatic carbocycles. The van der Waals surface area contributed by atoms with Gasteiger partial charge < -0.3 is 14.5 Å². The first-order valence-electron chi connectivity index (χ1n) is 10.1. The van der Waals surface area contributed by atoms with Crippen LogP contribution in [0.15, 0.2) is 29.3 Å². The van der Waals surface area contributed by atoms with Gasteiger partial charge in [-0.15, -0.1) is 0 Å². The molecule has 10 heteroatoms. The minimum absolute atomic E-state index is 0.0558. The second-order valence-corrected chi connectivity index (χ2v) is 8.00. The lowest BCUT2D eigenvalue weighted by Gasteiger charge is -2.26. The van der Waals surface area contributed by atoms with E-state index in [1.165, 1.54) is 30.0 Å². The third kappa shape index (κ3) is 3.89. The summed E-state index contributed by atoms with van der Waals surface area (Å²) in [6, 6.07) is 2.94. The first-order valence-corrected chi connectivity index (χ1v) is 10.1. The average molecular weight is 429 g/mol. The van der Waals surface area contributed by atoms with Gasteiger partial charge in [0.2, 0.25) is 11.9 Å². The van der Waals surface area contributed by atoms with Crippen LogP contribution in [0.1, 0.15) is 12.8 Å². The van der Waals surface area contributed by atoms with Crippen molar-refractivity contribution in [1.82, 2.24) is 19.4 Å². The average Bonchev–Trinajstić information content (AvgIpc) is 3.26. The van der Waals surface area contributed by atoms with Crippen LogP contribution in [0.2, 0.25) is 0 Å². The molecule has 2 atom stereocenters. The molecule has 0 aromatic carbocycles. The van der Waals surface area contributed by atoms with Crippen molar-refractivity contribution >= 4 is 17.8 Å². The Morgan fingerprint density at radius 1 is 1.29 bits per heavy atom. The van der Waals surface area contributed by atoms with E-state index in [4.69, 9.17) is 0 Å². The number of likely N-dealkylation sites (tertiary alicyclic amines) is 1. The Bertz CT molecular complexity index is 1080. The minimum atomic E-state index is -0.541. The molecule has 0 radical (unpaired) electrons. The summed E-state index contributed by atoms with van der Waals surface area (Å²) in [6.45, 7) is 1.21. The van der Waals surface area contributed by atoms with E-state index in [2.05, 4.69) is 14.7 Å². The van der Waals surface area contributed by atoms with Crippen LogP contribution >= 0.6 is 0 Å². The van der Waals surface area contributed by atoms with Gasteiger partial charge in [0.25, 0.3) is 5.56 Å². The summed E-state index contributed by atoms with van der Waals surface area (Å²) in [5, 5.41) is 0. The van der Waals surface area contributed by atoms with Crippen molar-refractivity contribution in [2.24, 2.45) is 18.9 Å². The number of rotatable bonds is 6. The summed E-state index contributed by atoms with van der Waals surface area (Å²) in [5.74, 6) is -0.00830. The number of carbonyl (C=O) groups is 2. The van der Waals surface area contributed by atoms with E-state index in [0.717, 1.165) is 6.20 Å². The number of ether oxygens (including phenoxy) is 1. The fraction of sp³-hybridized carbons (Fsp3) is 0.476. The van der Waals surface area contributed by atoms with Gasteiger partial charge in [0.15, 0.2) is 5.82 Å². The topological polar surface area (TPSA) is 97.6 Å². The van der Waals surface area contributed by atoms with Crippen LogP contribution in [0.5, 0.6) is 0 Å². The van der Waals surface area contributed by atoms with Crippen LogP contribution in [-0.4, -0.2) is 64.6 Å². The summed E-state index contributed by atoms with van der Waals surface area (Å²) in [7, 11) is 4.80. The van der Waals surface area contributed by atoms with Gasteiger partial charge in [-0.25, -0.2) is 9.37 Å². The van der Waals surface area contributed by atoms with E-state index < -0.39 is 11.8 Å². The third-order valence-electron chi connectivity index (χ3n) is 6.19. The summed E-state index contributed by atoms with van der Waals surface area (Å²) in [6.07, 6.45) is 2.77. The first-order chi connectivity index (χ1) is 14.8. The van der Waals surface area contributed by atoms with E-state index in [1.807, 2.05) is 11.9 Å².